The molecule has 0 saturated carbocycles. The average Bonchev–Trinajstić information content (AvgIpc) is 2.88. The number of benzene rings is 1. The molecule has 2 aromatic rings. The van der Waals surface area contributed by atoms with Gasteiger partial charge in [0.1, 0.15) is 5.01 Å². The summed E-state index contributed by atoms with van der Waals surface area (Å²) in [5.74, 6) is 0.0410. The lowest BCUT2D eigenvalue weighted by Gasteiger charge is -2.10. The number of rotatable bonds is 5. The monoisotopic (exact) mass is 274 g/mol. The van der Waals surface area contributed by atoms with Gasteiger partial charge in [-0.2, -0.15) is 0 Å². The summed E-state index contributed by atoms with van der Waals surface area (Å²) < 4.78 is 0. The Hall–Kier alpha value is -1.68. The van der Waals surface area contributed by atoms with Gasteiger partial charge in [0, 0.05) is 17.0 Å². The Morgan fingerprint density at radius 3 is 2.79 bits per heavy atom. The van der Waals surface area contributed by atoms with Crippen LogP contribution in [0.25, 0.3) is 10.6 Å². The Kier molecular flexibility index (Phi) is 4.68. The summed E-state index contributed by atoms with van der Waals surface area (Å²) in [7, 11) is 0. The van der Waals surface area contributed by atoms with E-state index in [0.717, 1.165) is 22.7 Å². The second kappa shape index (κ2) is 6.48. The molecule has 19 heavy (non-hydrogen) atoms. The van der Waals surface area contributed by atoms with Crippen molar-refractivity contribution in [2.45, 2.75) is 32.7 Å². The summed E-state index contributed by atoms with van der Waals surface area (Å²) in [6.45, 7) is 4.07. The molecule has 1 aromatic carbocycles. The predicted octanol–water partition coefficient (Wildman–Crippen LogP) is 3.27. The van der Waals surface area contributed by atoms with Crippen molar-refractivity contribution in [3.63, 3.8) is 0 Å². The topological polar surface area (TPSA) is 42.0 Å². The molecule has 1 unspecified atom stereocenters. The molecule has 0 saturated heterocycles. The van der Waals surface area contributed by atoms with Gasteiger partial charge in [0.05, 0.1) is 12.1 Å². The Morgan fingerprint density at radius 1 is 1.37 bits per heavy atom. The van der Waals surface area contributed by atoms with Crippen molar-refractivity contribution in [1.82, 2.24) is 10.3 Å². The minimum Gasteiger partial charge on any atom is -0.353 e. The first-order valence-electron chi connectivity index (χ1n) is 6.48. The molecule has 4 heteroatoms. The van der Waals surface area contributed by atoms with Crippen LogP contribution in [0.15, 0.2) is 35.7 Å². The number of carbonyl (C=O) groups excluding carboxylic acids is 1. The van der Waals surface area contributed by atoms with E-state index in [2.05, 4.69) is 17.2 Å². The molecule has 0 spiro atoms. The highest BCUT2D eigenvalue weighted by atomic mass is 32.1. The normalized spacial score (nSPS) is 12.1. The van der Waals surface area contributed by atoms with Crippen LogP contribution in [-0.2, 0) is 11.2 Å². The lowest BCUT2D eigenvalue weighted by molar-refractivity contribution is -0.121. The van der Waals surface area contributed by atoms with Gasteiger partial charge in [0.2, 0.25) is 5.91 Å². The van der Waals surface area contributed by atoms with Gasteiger partial charge in [-0.25, -0.2) is 4.98 Å². The number of carbonyl (C=O) groups is 1. The van der Waals surface area contributed by atoms with Gasteiger partial charge >= 0.3 is 0 Å². The van der Waals surface area contributed by atoms with Crippen LogP contribution in [0, 0.1) is 0 Å². The van der Waals surface area contributed by atoms with Crippen LogP contribution in [0.1, 0.15) is 26.0 Å². The lowest BCUT2D eigenvalue weighted by Crippen LogP contribution is -2.33. The standard InChI is InChI=1S/C15H18N2OS/c1-3-11(2)16-14(18)9-13-10-19-15(17-13)12-7-5-4-6-8-12/h4-8,10-11H,3,9H2,1-2H3,(H,16,18). The highest BCUT2D eigenvalue weighted by Crippen LogP contribution is 2.23. The molecule has 0 aliphatic rings. The van der Waals surface area contributed by atoms with Crippen LogP contribution in [0.3, 0.4) is 0 Å². The first kappa shape index (κ1) is 13.7. The molecule has 1 heterocycles. The summed E-state index contributed by atoms with van der Waals surface area (Å²) in [4.78, 5) is 16.3. The van der Waals surface area contributed by atoms with E-state index < -0.39 is 0 Å². The van der Waals surface area contributed by atoms with E-state index in [-0.39, 0.29) is 11.9 Å². The number of hydrogen-bond acceptors (Lipinski definition) is 3. The number of thiazole rings is 1. The van der Waals surface area contributed by atoms with Crippen LogP contribution < -0.4 is 5.32 Å². The number of hydrogen-bond donors (Lipinski definition) is 1. The molecule has 0 aliphatic carbocycles. The lowest BCUT2D eigenvalue weighted by atomic mass is 10.2. The van der Waals surface area contributed by atoms with E-state index in [1.165, 1.54) is 0 Å². The maximum atomic E-state index is 11.8. The first-order chi connectivity index (χ1) is 9.19. The van der Waals surface area contributed by atoms with Gasteiger partial charge in [-0.1, -0.05) is 37.3 Å². The molecule has 0 fully saturated rings. The van der Waals surface area contributed by atoms with Crippen molar-refractivity contribution in [1.29, 1.82) is 0 Å². The second-order valence-electron chi connectivity index (χ2n) is 4.56. The average molecular weight is 274 g/mol. The first-order valence-corrected chi connectivity index (χ1v) is 7.36. The fourth-order valence-corrected chi connectivity index (χ4v) is 2.52. The second-order valence-corrected chi connectivity index (χ2v) is 5.42. The van der Waals surface area contributed by atoms with Crippen molar-refractivity contribution in [2.75, 3.05) is 0 Å². The van der Waals surface area contributed by atoms with Gasteiger partial charge in [0.25, 0.3) is 0 Å². The number of nitrogens with zero attached hydrogens (tertiary/aromatic N) is 1. The van der Waals surface area contributed by atoms with Crippen LogP contribution >= 0.6 is 11.3 Å². The summed E-state index contributed by atoms with van der Waals surface area (Å²) >= 11 is 1.58. The fourth-order valence-electron chi connectivity index (χ4n) is 1.69. The van der Waals surface area contributed by atoms with Crippen molar-refractivity contribution in [2.24, 2.45) is 0 Å². The third-order valence-electron chi connectivity index (χ3n) is 2.93. The molecule has 3 nitrogen and oxygen atoms in total. The van der Waals surface area contributed by atoms with Gasteiger partial charge in [-0.15, -0.1) is 11.3 Å². The van der Waals surface area contributed by atoms with Crippen LogP contribution in [0.4, 0.5) is 0 Å². The van der Waals surface area contributed by atoms with Gasteiger partial charge in [0.15, 0.2) is 0 Å². The summed E-state index contributed by atoms with van der Waals surface area (Å²) in [6, 6.07) is 10.2. The fraction of sp³-hybridized carbons (Fsp3) is 0.333. The molecule has 0 bridgehead atoms. The Bertz CT molecular complexity index is 536. The summed E-state index contributed by atoms with van der Waals surface area (Å²) in [6.07, 6.45) is 1.30. The molecule has 0 radical (unpaired) electrons. The van der Waals surface area contributed by atoms with E-state index >= 15 is 0 Å². The van der Waals surface area contributed by atoms with Crippen LogP contribution in [0.2, 0.25) is 0 Å². The zero-order valence-corrected chi connectivity index (χ0v) is 12.0. The molecule has 0 aliphatic heterocycles. The number of aromatic nitrogens is 1. The third-order valence-corrected chi connectivity index (χ3v) is 3.87. The Balaban J connectivity index is 2.00. The molecule has 100 valence electrons. The van der Waals surface area contributed by atoms with E-state index in [1.54, 1.807) is 11.3 Å². The van der Waals surface area contributed by atoms with Crippen molar-refractivity contribution in [3.05, 3.63) is 41.4 Å². The minimum atomic E-state index is 0.0410. The Morgan fingerprint density at radius 2 is 2.11 bits per heavy atom. The van der Waals surface area contributed by atoms with E-state index in [9.17, 15) is 4.79 Å². The maximum absolute atomic E-state index is 11.8. The van der Waals surface area contributed by atoms with Crippen molar-refractivity contribution in [3.8, 4) is 10.6 Å². The van der Waals surface area contributed by atoms with Crippen molar-refractivity contribution >= 4 is 17.2 Å². The smallest absolute Gasteiger partial charge is 0.226 e. The maximum Gasteiger partial charge on any atom is 0.226 e. The predicted molar refractivity (Wildman–Crippen MR) is 79.1 cm³/mol. The van der Waals surface area contributed by atoms with E-state index in [4.69, 9.17) is 0 Å². The summed E-state index contributed by atoms with van der Waals surface area (Å²) in [5.41, 5.74) is 1.94. The molecule has 1 amide bonds. The van der Waals surface area contributed by atoms with Gasteiger partial charge in [-0.3, -0.25) is 4.79 Å². The molecule has 1 N–H and O–H groups in total. The molecule has 1 atom stereocenters. The molecule has 1 aromatic heterocycles. The van der Waals surface area contributed by atoms with Crippen LogP contribution in [-0.4, -0.2) is 16.9 Å². The van der Waals surface area contributed by atoms with E-state index in [0.29, 0.717) is 6.42 Å². The van der Waals surface area contributed by atoms with Crippen LogP contribution in [0.5, 0.6) is 0 Å². The van der Waals surface area contributed by atoms with Gasteiger partial charge < -0.3 is 5.32 Å². The number of nitrogens with one attached hydrogen (secondary N) is 1. The minimum absolute atomic E-state index is 0.0410. The summed E-state index contributed by atoms with van der Waals surface area (Å²) in [5, 5.41) is 5.87. The highest BCUT2D eigenvalue weighted by molar-refractivity contribution is 7.13. The zero-order chi connectivity index (χ0) is 13.7. The Labute approximate surface area is 117 Å². The van der Waals surface area contributed by atoms with Gasteiger partial charge in [-0.05, 0) is 13.3 Å². The van der Waals surface area contributed by atoms with E-state index in [1.807, 2.05) is 42.6 Å². The zero-order valence-electron chi connectivity index (χ0n) is 11.2. The quantitative estimate of drug-likeness (QED) is 0.909. The SMILES string of the molecule is CCC(C)NC(=O)Cc1csc(-c2ccccc2)n1. The molecular formula is C15H18N2OS. The highest BCUT2D eigenvalue weighted by Gasteiger charge is 2.10. The number of amides is 1. The largest absolute Gasteiger partial charge is 0.353 e. The molecular weight excluding hydrogens is 256 g/mol. The molecule has 2 rings (SSSR count). The third kappa shape index (κ3) is 3.89. The van der Waals surface area contributed by atoms with Crippen molar-refractivity contribution < 1.29 is 4.79 Å².